The molecule has 0 heterocycles. The number of hydrogen-bond acceptors (Lipinski definition) is 5. The molecule has 22 heavy (non-hydrogen) atoms. The molecular formula is C13H15F2NO6. The van der Waals surface area contributed by atoms with Crippen LogP contribution in [0.4, 0.5) is 8.78 Å². The van der Waals surface area contributed by atoms with Crippen molar-refractivity contribution < 1.29 is 37.7 Å². The minimum atomic E-state index is -3.09. The Balaban J connectivity index is 2.95. The van der Waals surface area contributed by atoms with Gasteiger partial charge in [0.1, 0.15) is 0 Å². The van der Waals surface area contributed by atoms with Crippen LogP contribution >= 0.6 is 0 Å². The summed E-state index contributed by atoms with van der Waals surface area (Å²) in [5.74, 6) is -2.37. The van der Waals surface area contributed by atoms with Crippen LogP contribution in [0.25, 0.3) is 0 Å². The van der Waals surface area contributed by atoms with Gasteiger partial charge < -0.3 is 24.6 Å². The molecule has 0 spiro atoms. The van der Waals surface area contributed by atoms with Crippen molar-refractivity contribution in [1.82, 2.24) is 5.32 Å². The van der Waals surface area contributed by atoms with Gasteiger partial charge >= 0.3 is 12.6 Å². The second-order valence-electron chi connectivity index (χ2n) is 4.06. The molecule has 0 bridgehead atoms. The number of carbonyl (C=O) groups excluding carboxylic acids is 1. The number of amides is 1. The van der Waals surface area contributed by atoms with E-state index < -0.39 is 24.5 Å². The van der Waals surface area contributed by atoms with Gasteiger partial charge in [0, 0.05) is 12.7 Å². The number of methoxy groups -OCH3 is 2. The SMILES string of the molecule is COCC(NC(=O)c1ccc(OC)c(OC(F)F)c1)C(=O)O. The first-order chi connectivity index (χ1) is 10.4. The van der Waals surface area contributed by atoms with Gasteiger partial charge in [-0.1, -0.05) is 0 Å². The summed E-state index contributed by atoms with van der Waals surface area (Å²) in [6.07, 6.45) is 0. The molecule has 0 saturated heterocycles. The topological polar surface area (TPSA) is 94.1 Å². The van der Waals surface area contributed by atoms with Crippen molar-refractivity contribution in [3.8, 4) is 11.5 Å². The number of alkyl halides is 2. The van der Waals surface area contributed by atoms with Gasteiger partial charge in [-0.25, -0.2) is 4.79 Å². The summed E-state index contributed by atoms with van der Waals surface area (Å²) >= 11 is 0. The van der Waals surface area contributed by atoms with Crippen molar-refractivity contribution in [3.63, 3.8) is 0 Å². The first-order valence-corrected chi connectivity index (χ1v) is 6.04. The van der Waals surface area contributed by atoms with Crippen molar-refractivity contribution in [2.45, 2.75) is 12.7 Å². The molecule has 0 aromatic heterocycles. The molecule has 1 aromatic rings. The quantitative estimate of drug-likeness (QED) is 0.746. The van der Waals surface area contributed by atoms with E-state index in [0.717, 1.165) is 6.07 Å². The minimum absolute atomic E-state index is 0.0172. The standard InChI is InChI=1S/C13H15F2NO6/c1-20-6-8(12(18)19)16-11(17)7-3-4-9(21-2)10(5-7)22-13(14)15/h3-5,8,13H,6H2,1-2H3,(H,16,17)(H,18,19). The third kappa shape index (κ3) is 4.85. The normalized spacial score (nSPS) is 11.9. The minimum Gasteiger partial charge on any atom is -0.493 e. The Kier molecular flexibility index (Phi) is 6.51. The summed E-state index contributed by atoms with van der Waals surface area (Å²) in [7, 11) is 2.54. The largest absolute Gasteiger partial charge is 0.493 e. The highest BCUT2D eigenvalue weighted by molar-refractivity contribution is 5.97. The fourth-order valence-corrected chi connectivity index (χ4v) is 1.59. The molecule has 2 N–H and O–H groups in total. The average Bonchev–Trinajstić information content (AvgIpc) is 2.45. The van der Waals surface area contributed by atoms with Crippen molar-refractivity contribution >= 4 is 11.9 Å². The van der Waals surface area contributed by atoms with Gasteiger partial charge in [-0.3, -0.25) is 4.79 Å². The van der Waals surface area contributed by atoms with Gasteiger partial charge in [0.15, 0.2) is 17.5 Å². The van der Waals surface area contributed by atoms with Gasteiger partial charge in [0.25, 0.3) is 5.91 Å². The van der Waals surface area contributed by atoms with Crippen molar-refractivity contribution in [2.24, 2.45) is 0 Å². The highest BCUT2D eigenvalue weighted by Crippen LogP contribution is 2.29. The van der Waals surface area contributed by atoms with Gasteiger partial charge in [0.2, 0.25) is 0 Å². The van der Waals surface area contributed by atoms with E-state index >= 15 is 0 Å². The average molecular weight is 319 g/mol. The monoisotopic (exact) mass is 319 g/mol. The van der Waals surface area contributed by atoms with Crippen LogP contribution in [0.2, 0.25) is 0 Å². The summed E-state index contributed by atoms with van der Waals surface area (Å²) < 4.78 is 38.4. The van der Waals surface area contributed by atoms with Crippen LogP contribution in [-0.4, -0.2) is 50.5 Å². The fraction of sp³-hybridized carbons (Fsp3) is 0.385. The van der Waals surface area contributed by atoms with Crippen LogP contribution in [0.1, 0.15) is 10.4 Å². The molecule has 0 radical (unpaired) electrons. The lowest BCUT2D eigenvalue weighted by molar-refractivity contribution is -0.140. The number of ether oxygens (including phenoxy) is 3. The van der Waals surface area contributed by atoms with Gasteiger partial charge in [0.05, 0.1) is 13.7 Å². The zero-order valence-electron chi connectivity index (χ0n) is 11.8. The number of carboxylic acid groups (broad SMARTS) is 1. The third-order valence-corrected chi connectivity index (χ3v) is 2.58. The Hall–Kier alpha value is -2.42. The molecular weight excluding hydrogens is 304 g/mol. The lowest BCUT2D eigenvalue weighted by Gasteiger charge is -2.15. The zero-order valence-corrected chi connectivity index (χ0v) is 11.8. The molecule has 1 atom stereocenters. The molecule has 0 fully saturated rings. The van der Waals surface area contributed by atoms with Crippen LogP contribution in [0.3, 0.4) is 0 Å². The summed E-state index contributed by atoms with van der Waals surface area (Å²) in [6, 6.07) is 2.32. The first-order valence-electron chi connectivity index (χ1n) is 6.04. The Morgan fingerprint density at radius 2 is 1.95 bits per heavy atom. The van der Waals surface area contributed by atoms with E-state index in [9.17, 15) is 18.4 Å². The number of rotatable bonds is 8. The van der Waals surface area contributed by atoms with Crippen molar-refractivity contribution in [2.75, 3.05) is 20.8 Å². The van der Waals surface area contributed by atoms with Crippen LogP contribution in [0, 0.1) is 0 Å². The van der Waals surface area contributed by atoms with E-state index in [-0.39, 0.29) is 23.7 Å². The molecule has 0 aliphatic carbocycles. The highest BCUT2D eigenvalue weighted by atomic mass is 19.3. The molecule has 7 nitrogen and oxygen atoms in total. The number of carbonyl (C=O) groups is 2. The maximum atomic E-state index is 12.3. The third-order valence-electron chi connectivity index (χ3n) is 2.58. The Labute approximate surface area is 124 Å². The number of carboxylic acids is 1. The molecule has 1 unspecified atom stereocenters. The van der Waals surface area contributed by atoms with E-state index in [1.54, 1.807) is 0 Å². The number of nitrogens with one attached hydrogen (secondary N) is 1. The van der Waals surface area contributed by atoms with Crippen LogP contribution in [0.15, 0.2) is 18.2 Å². The molecule has 0 aliphatic rings. The molecule has 1 amide bonds. The Morgan fingerprint density at radius 3 is 2.45 bits per heavy atom. The van der Waals surface area contributed by atoms with Crippen LogP contribution < -0.4 is 14.8 Å². The maximum absolute atomic E-state index is 12.3. The highest BCUT2D eigenvalue weighted by Gasteiger charge is 2.21. The van der Waals surface area contributed by atoms with E-state index in [1.807, 2.05) is 0 Å². The van der Waals surface area contributed by atoms with E-state index in [1.165, 1.54) is 26.4 Å². The summed E-state index contributed by atoms with van der Waals surface area (Å²) in [4.78, 5) is 22.9. The predicted octanol–water partition coefficient (Wildman–Crippen LogP) is 1.13. The Bertz CT molecular complexity index is 537. The predicted molar refractivity (Wildman–Crippen MR) is 70.4 cm³/mol. The Morgan fingerprint density at radius 1 is 1.27 bits per heavy atom. The van der Waals surface area contributed by atoms with Gasteiger partial charge in [-0.05, 0) is 18.2 Å². The van der Waals surface area contributed by atoms with Crippen molar-refractivity contribution in [3.05, 3.63) is 23.8 Å². The zero-order chi connectivity index (χ0) is 16.7. The second-order valence-corrected chi connectivity index (χ2v) is 4.06. The smallest absolute Gasteiger partial charge is 0.387 e. The number of aliphatic carboxylic acids is 1. The van der Waals surface area contributed by atoms with Crippen molar-refractivity contribution in [1.29, 1.82) is 0 Å². The van der Waals surface area contributed by atoms with E-state index in [0.29, 0.717) is 0 Å². The summed E-state index contributed by atoms with van der Waals surface area (Å²) in [5, 5.41) is 11.1. The van der Waals surface area contributed by atoms with E-state index in [2.05, 4.69) is 14.8 Å². The second kappa shape index (κ2) is 8.13. The molecule has 1 rings (SSSR count). The summed E-state index contributed by atoms with van der Waals surface area (Å²) in [5.41, 5.74) is -0.0567. The molecule has 9 heteroatoms. The number of halogens is 2. The lowest BCUT2D eigenvalue weighted by Crippen LogP contribution is -2.43. The fourth-order valence-electron chi connectivity index (χ4n) is 1.59. The van der Waals surface area contributed by atoms with E-state index in [4.69, 9.17) is 9.84 Å². The summed E-state index contributed by atoms with van der Waals surface area (Å²) in [6.45, 7) is -3.33. The van der Waals surface area contributed by atoms with Gasteiger partial charge in [-0.2, -0.15) is 8.78 Å². The van der Waals surface area contributed by atoms with Crippen LogP contribution in [0.5, 0.6) is 11.5 Å². The number of hydrogen-bond donors (Lipinski definition) is 2. The molecule has 0 aliphatic heterocycles. The molecule has 0 saturated carbocycles. The lowest BCUT2D eigenvalue weighted by atomic mass is 10.1. The maximum Gasteiger partial charge on any atom is 0.387 e. The number of benzene rings is 1. The first kappa shape index (κ1) is 17.6. The molecule has 1 aromatic carbocycles. The molecule has 122 valence electrons. The van der Waals surface area contributed by atoms with Crippen LogP contribution in [-0.2, 0) is 9.53 Å². The van der Waals surface area contributed by atoms with Gasteiger partial charge in [-0.15, -0.1) is 0 Å².